The number of aryl methyl sites for hydroxylation is 1. The second-order valence-corrected chi connectivity index (χ2v) is 7.20. The maximum atomic E-state index is 4.41. The Bertz CT molecular complexity index is 338. The zero-order valence-corrected chi connectivity index (χ0v) is 12.4. The summed E-state index contributed by atoms with van der Waals surface area (Å²) < 4.78 is 0. The molecule has 1 aliphatic rings. The van der Waals surface area contributed by atoms with Gasteiger partial charge in [0, 0.05) is 28.9 Å². The van der Waals surface area contributed by atoms with Crippen molar-refractivity contribution < 1.29 is 0 Å². The standard InChI is InChI=1S/C13H22N2S2/c1-3-13-15-9-10(17-13)8-14-11-6-5-7-12(11)16-4-2/h9,11-12,14H,3-8H2,1-2H3. The minimum atomic E-state index is 0.715. The summed E-state index contributed by atoms with van der Waals surface area (Å²) in [5, 5.41) is 5.81. The van der Waals surface area contributed by atoms with Crippen molar-refractivity contribution in [2.24, 2.45) is 0 Å². The molecule has 1 N–H and O–H groups in total. The van der Waals surface area contributed by atoms with E-state index in [1.165, 1.54) is 34.9 Å². The molecule has 96 valence electrons. The van der Waals surface area contributed by atoms with Crippen LogP contribution in [0.3, 0.4) is 0 Å². The highest BCUT2D eigenvalue weighted by Crippen LogP contribution is 2.30. The van der Waals surface area contributed by atoms with Gasteiger partial charge in [-0.2, -0.15) is 11.8 Å². The van der Waals surface area contributed by atoms with E-state index in [0.717, 1.165) is 18.2 Å². The lowest BCUT2D eigenvalue weighted by Crippen LogP contribution is -2.33. The van der Waals surface area contributed by atoms with Crippen molar-refractivity contribution in [3.8, 4) is 0 Å². The number of rotatable bonds is 6. The van der Waals surface area contributed by atoms with Gasteiger partial charge in [-0.15, -0.1) is 11.3 Å². The molecular weight excluding hydrogens is 248 g/mol. The van der Waals surface area contributed by atoms with E-state index in [1.54, 1.807) is 0 Å². The van der Waals surface area contributed by atoms with Crippen LogP contribution in [0.5, 0.6) is 0 Å². The Labute approximate surface area is 113 Å². The first-order valence-corrected chi connectivity index (χ1v) is 8.48. The normalized spacial score (nSPS) is 24.4. The number of hydrogen-bond donors (Lipinski definition) is 1. The molecule has 1 aromatic rings. The van der Waals surface area contributed by atoms with Crippen LogP contribution >= 0.6 is 23.1 Å². The number of nitrogens with zero attached hydrogens (tertiary/aromatic N) is 1. The first-order chi connectivity index (χ1) is 8.33. The van der Waals surface area contributed by atoms with Crippen LogP contribution < -0.4 is 5.32 Å². The quantitative estimate of drug-likeness (QED) is 0.857. The van der Waals surface area contributed by atoms with E-state index in [0.29, 0.717) is 6.04 Å². The maximum Gasteiger partial charge on any atom is 0.0925 e. The molecule has 1 heterocycles. The van der Waals surface area contributed by atoms with Gasteiger partial charge in [0.1, 0.15) is 0 Å². The van der Waals surface area contributed by atoms with E-state index in [4.69, 9.17) is 0 Å². The summed E-state index contributed by atoms with van der Waals surface area (Å²) in [6.45, 7) is 5.43. The fraction of sp³-hybridized carbons (Fsp3) is 0.769. The zero-order chi connectivity index (χ0) is 12.1. The van der Waals surface area contributed by atoms with Gasteiger partial charge in [-0.05, 0) is 25.0 Å². The van der Waals surface area contributed by atoms with Crippen molar-refractivity contribution in [3.05, 3.63) is 16.1 Å². The first-order valence-electron chi connectivity index (χ1n) is 6.62. The van der Waals surface area contributed by atoms with Crippen LogP contribution in [0.1, 0.15) is 43.0 Å². The monoisotopic (exact) mass is 270 g/mol. The minimum Gasteiger partial charge on any atom is -0.308 e. The van der Waals surface area contributed by atoms with Gasteiger partial charge in [-0.3, -0.25) is 0 Å². The van der Waals surface area contributed by atoms with Gasteiger partial charge in [0.15, 0.2) is 0 Å². The highest BCUT2D eigenvalue weighted by Gasteiger charge is 2.26. The summed E-state index contributed by atoms with van der Waals surface area (Å²) >= 11 is 3.97. The molecule has 1 aliphatic carbocycles. The molecule has 0 radical (unpaired) electrons. The summed E-state index contributed by atoms with van der Waals surface area (Å²) in [7, 11) is 0. The Morgan fingerprint density at radius 2 is 2.35 bits per heavy atom. The average Bonchev–Trinajstić information content (AvgIpc) is 2.95. The molecule has 1 aromatic heterocycles. The van der Waals surface area contributed by atoms with Gasteiger partial charge in [-0.1, -0.05) is 20.3 Å². The van der Waals surface area contributed by atoms with Crippen molar-refractivity contribution in [1.29, 1.82) is 0 Å². The summed E-state index contributed by atoms with van der Waals surface area (Å²) in [5.41, 5.74) is 0. The van der Waals surface area contributed by atoms with Crippen LogP contribution in [-0.4, -0.2) is 22.0 Å². The van der Waals surface area contributed by atoms with E-state index >= 15 is 0 Å². The van der Waals surface area contributed by atoms with Crippen molar-refractivity contribution in [2.75, 3.05) is 5.75 Å². The summed E-state index contributed by atoms with van der Waals surface area (Å²) in [4.78, 5) is 5.79. The van der Waals surface area contributed by atoms with Crippen LogP contribution in [-0.2, 0) is 13.0 Å². The third-order valence-corrected chi connectivity index (χ3v) is 5.74. The molecular formula is C13H22N2S2. The molecule has 4 heteroatoms. The minimum absolute atomic E-state index is 0.715. The van der Waals surface area contributed by atoms with Crippen molar-refractivity contribution in [2.45, 2.75) is 57.4 Å². The topological polar surface area (TPSA) is 24.9 Å². The molecule has 0 aromatic carbocycles. The Kier molecular flexibility index (Phi) is 5.32. The second kappa shape index (κ2) is 6.76. The van der Waals surface area contributed by atoms with E-state index in [-0.39, 0.29) is 0 Å². The zero-order valence-electron chi connectivity index (χ0n) is 10.7. The first kappa shape index (κ1) is 13.4. The number of nitrogens with one attached hydrogen (secondary N) is 1. The molecule has 0 bridgehead atoms. The molecule has 2 unspecified atom stereocenters. The highest BCUT2D eigenvalue weighted by molar-refractivity contribution is 7.99. The van der Waals surface area contributed by atoms with Gasteiger partial charge < -0.3 is 5.32 Å². The number of aromatic nitrogens is 1. The van der Waals surface area contributed by atoms with E-state index < -0.39 is 0 Å². The molecule has 0 spiro atoms. The van der Waals surface area contributed by atoms with Crippen LogP contribution in [0.2, 0.25) is 0 Å². The number of thioether (sulfide) groups is 1. The van der Waals surface area contributed by atoms with Gasteiger partial charge in [0.25, 0.3) is 0 Å². The summed E-state index contributed by atoms with van der Waals surface area (Å²) in [5.74, 6) is 1.24. The van der Waals surface area contributed by atoms with Crippen LogP contribution in [0.4, 0.5) is 0 Å². The molecule has 2 nitrogen and oxygen atoms in total. The maximum absolute atomic E-state index is 4.41. The van der Waals surface area contributed by atoms with E-state index in [2.05, 4.69) is 35.9 Å². The predicted molar refractivity (Wildman–Crippen MR) is 77.9 cm³/mol. The lowest BCUT2D eigenvalue weighted by atomic mass is 10.2. The Morgan fingerprint density at radius 1 is 1.47 bits per heavy atom. The molecule has 17 heavy (non-hydrogen) atoms. The van der Waals surface area contributed by atoms with Gasteiger partial charge >= 0.3 is 0 Å². The number of hydrogen-bond acceptors (Lipinski definition) is 4. The van der Waals surface area contributed by atoms with Crippen molar-refractivity contribution in [3.63, 3.8) is 0 Å². The smallest absolute Gasteiger partial charge is 0.0925 e. The van der Waals surface area contributed by atoms with E-state index in [9.17, 15) is 0 Å². The molecule has 2 rings (SSSR count). The molecule has 1 saturated carbocycles. The van der Waals surface area contributed by atoms with Crippen molar-refractivity contribution >= 4 is 23.1 Å². The van der Waals surface area contributed by atoms with E-state index in [1.807, 2.05) is 17.5 Å². The average molecular weight is 270 g/mol. The Morgan fingerprint density at radius 3 is 3.06 bits per heavy atom. The molecule has 0 aliphatic heterocycles. The van der Waals surface area contributed by atoms with Gasteiger partial charge in [0.05, 0.1) is 5.01 Å². The number of thiazole rings is 1. The van der Waals surface area contributed by atoms with Gasteiger partial charge in [-0.25, -0.2) is 4.98 Å². The van der Waals surface area contributed by atoms with Crippen molar-refractivity contribution in [1.82, 2.24) is 10.3 Å². The fourth-order valence-electron chi connectivity index (χ4n) is 2.40. The van der Waals surface area contributed by atoms with Gasteiger partial charge in [0.2, 0.25) is 0 Å². The largest absolute Gasteiger partial charge is 0.308 e. The lowest BCUT2D eigenvalue weighted by molar-refractivity contribution is 0.535. The van der Waals surface area contributed by atoms with Crippen LogP contribution in [0.15, 0.2) is 6.20 Å². The molecule has 0 saturated heterocycles. The fourth-order valence-corrected chi connectivity index (χ4v) is 4.44. The summed E-state index contributed by atoms with van der Waals surface area (Å²) in [6, 6.07) is 0.715. The van der Waals surface area contributed by atoms with Crippen LogP contribution in [0, 0.1) is 0 Å². The Hall–Kier alpha value is -0.0600. The second-order valence-electron chi connectivity index (χ2n) is 4.49. The third-order valence-electron chi connectivity index (χ3n) is 3.28. The highest BCUT2D eigenvalue weighted by atomic mass is 32.2. The Balaban J connectivity index is 1.80. The third kappa shape index (κ3) is 3.70. The van der Waals surface area contributed by atoms with Crippen LogP contribution in [0.25, 0.3) is 0 Å². The lowest BCUT2D eigenvalue weighted by Gasteiger charge is -2.19. The predicted octanol–water partition coefficient (Wildman–Crippen LogP) is 3.47. The summed E-state index contributed by atoms with van der Waals surface area (Å²) in [6.07, 6.45) is 7.21. The molecule has 0 amide bonds. The molecule has 1 fully saturated rings. The SMILES string of the molecule is CCSC1CCCC1NCc1cnc(CC)s1. The molecule has 2 atom stereocenters.